The van der Waals surface area contributed by atoms with Gasteiger partial charge in [-0.15, -0.1) is 0 Å². The van der Waals surface area contributed by atoms with Crippen molar-refractivity contribution >= 4 is 23.4 Å². The molecule has 1 fully saturated rings. The van der Waals surface area contributed by atoms with Gasteiger partial charge in [0.15, 0.2) is 0 Å². The number of hydrogen-bond acceptors (Lipinski definition) is 3. The summed E-state index contributed by atoms with van der Waals surface area (Å²) < 4.78 is 0. The molecule has 2 aromatic rings. The first-order chi connectivity index (χ1) is 13.7. The lowest BCUT2D eigenvalue weighted by atomic mass is 10.2. The molecule has 4 heteroatoms. The lowest BCUT2D eigenvalue weighted by molar-refractivity contribution is -0.116. The van der Waals surface area contributed by atoms with Gasteiger partial charge in [0.2, 0.25) is 5.91 Å². The molecule has 1 aliphatic rings. The van der Waals surface area contributed by atoms with Crippen LogP contribution in [0.25, 0.3) is 6.08 Å². The number of benzene rings is 2. The van der Waals surface area contributed by atoms with Crippen LogP contribution in [-0.4, -0.2) is 43.5 Å². The molecule has 0 aromatic heterocycles. The Kier molecular flexibility index (Phi) is 7.68. The van der Waals surface area contributed by atoms with Gasteiger partial charge >= 0.3 is 0 Å². The van der Waals surface area contributed by atoms with E-state index in [9.17, 15) is 4.79 Å². The second-order valence-electron chi connectivity index (χ2n) is 7.30. The first-order valence-electron chi connectivity index (χ1n) is 10.3. The van der Waals surface area contributed by atoms with Gasteiger partial charge in [-0.1, -0.05) is 55.8 Å². The molecule has 0 saturated carbocycles. The van der Waals surface area contributed by atoms with Crippen LogP contribution in [0.5, 0.6) is 0 Å². The molecular formula is C24H31N3O. The largest absolute Gasteiger partial charge is 0.369 e. The maximum absolute atomic E-state index is 11.8. The summed E-state index contributed by atoms with van der Waals surface area (Å²) in [5.74, 6) is 0.103. The maximum atomic E-state index is 11.8. The molecule has 0 atom stereocenters. The van der Waals surface area contributed by atoms with Gasteiger partial charge in [0.05, 0.1) is 0 Å². The number of anilines is 2. The van der Waals surface area contributed by atoms with Crippen LogP contribution < -0.4 is 10.2 Å². The highest BCUT2D eigenvalue weighted by molar-refractivity contribution is 5.90. The zero-order valence-electron chi connectivity index (χ0n) is 16.8. The summed E-state index contributed by atoms with van der Waals surface area (Å²) in [6.07, 6.45) is 7.02. The number of piperazine rings is 1. The van der Waals surface area contributed by atoms with Crippen LogP contribution in [0.4, 0.5) is 11.4 Å². The number of unbranched alkanes of at least 4 members (excludes halogenated alkanes) is 1. The smallest absolute Gasteiger partial charge is 0.224 e. The lowest BCUT2D eigenvalue weighted by Gasteiger charge is -2.35. The number of nitrogens with one attached hydrogen (secondary N) is 1. The number of amides is 1. The fourth-order valence-electron chi connectivity index (χ4n) is 3.41. The molecule has 28 heavy (non-hydrogen) atoms. The Labute approximate surface area is 168 Å². The molecule has 1 saturated heterocycles. The Morgan fingerprint density at radius 2 is 1.71 bits per heavy atom. The average Bonchev–Trinajstić information content (AvgIpc) is 2.74. The van der Waals surface area contributed by atoms with Crippen LogP contribution in [0, 0.1) is 0 Å². The van der Waals surface area contributed by atoms with Crippen molar-refractivity contribution in [2.45, 2.75) is 26.2 Å². The van der Waals surface area contributed by atoms with Gasteiger partial charge < -0.3 is 10.2 Å². The van der Waals surface area contributed by atoms with Crippen molar-refractivity contribution < 1.29 is 4.79 Å². The lowest BCUT2D eigenvalue weighted by Crippen LogP contribution is -2.46. The van der Waals surface area contributed by atoms with Crippen LogP contribution >= 0.6 is 0 Å². The number of rotatable bonds is 8. The van der Waals surface area contributed by atoms with Crippen molar-refractivity contribution in [1.29, 1.82) is 0 Å². The SMILES string of the molecule is CCCCC(=O)Nc1ccc(N2CCN(C/C=C/c3ccccc3)CC2)cc1. The molecule has 4 nitrogen and oxygen atoms in total. The second kappa shape index (κ2) is 10.7. The number of hydrogen-bond donors (Lipinski definition) is 1. The van der Waals surface area contributed by atoms with Crippen LogP contribution in [-0.2, 0) is 4.79 Å². The molecular weight excluding hydrogens is 346 g/mol. The van der Waals surface area contributed by atoms with Crippen LogP contribution in [0.15, 0.2) is 60.7 Å². The van der Waals surface area contributed by atoms with E-state index in [2.05, 4.69) is 70.6 Å². The monoisotopic (exact) mass is 377 g/mol. The highest BCUT2D eigenvalue weighted by atomic mass is 16.1. The van der Waals surface area contributed by atoms with E-state index in [1.165, 1.54) is 11.3 Å². The molecule has 1 heterocycles. The Balaban J connectivity index is 1.43. The molecule has 1 N–H and O–H groups in total. The van der Waals surface area contributed by atoms with Crippen molar-refractivity contribution in [1.82, 2.24) is 4.90 Å². The van der Waals surface area contributed by atoms with Crippen molar-refractivity contribution in [3.63, 3.8) is 0 Å². The summed E-state index contributed by atoms with van der Waals surface area (Å²) in [5, 5.41) is 2.98. The average molecular weight is 378 g/mol. The number of carbonyl (C=O) groups is 1. The van der Waals surface area contributed by atoms with Gasteiger partial charge in [0, 0.05) is 50.5 Å². The predicted octanol–water partition coefficient (Wildman–Crippen LogP) is 4.65. The van der Waals surface area contributed by atoms with Crippen molar-refractivity contribution in [2.24, 2.45) is 0 Å². The van der Waals surface area contributed by atoms with E-state index in [0.29, 0.717) is 6.42 Å². The van der Waals surface area contributed by atoms with E-state index in [0.717, 1.165) is 51.3 Å². The minimum Gasteiger partial charge on any atom is -0.369 e. The van der Waals surface area contributed by atoms with Gasteiger partial charge in [-0.3, -0.25) is 9.69 Å². The van der Waals surface area contributed by atoms with Crippen LogP contribution in [0.2, 0.25) is 0 Å². The van der Waals surface area contributed by atoms with Gasteiger partial charge in [-0.25, -0.2) is 0 Å². The topological polar surface area (TPSA) is 35.6 Å². The van der Waals surface area contributed by atoms with Crippen LogP contribution in [0.1, 0.15) is 31.7 Å². The van der Waals surface area contributed by atoms with E-state index < -0.39 is 0 Å². The maximum Gasteiger partial charge on any atom is 0.224 e. The summed E-state index contributed by atoms with van der Waals surface area (Å²) in [6.45, 7) is 7.28. The summed E-state index contributed by atoms with van der Waals surface area (Å²) in [7, 11) is 0. The molecule has 0 bridgehead atoms. The molecule has 2 aromatic carbocycles. The quantitative estimate of drug-likeness (QED) is 0.727. The first kappa shape index (κ1) is 20.2. The molecule has 0 radical (unpaired) electrons. The standard InChI is InChI=1S/C24H31N3O/c1-2-3-11-24(28)25-22-12-14-23(15-13-22)27-19-17-26(18-20-27)16-7-10-21-8-5-4-6-9-21/h4-10,12-15H,2-3,11,16-20H2,1H3,(H,25,28)/b10-7+. The Bertz CT molecular complexity index is 747. The minimum absolute atomic E-state index is 0.103. The third-order valence-electron chi connectivity index (χ3n) is 5.12. The summed E-state index contributed by atoms with van der Waals surface area (Å²) in [4.78, 5) is 16.7. The molecule has 148 valence electrons. The van der Waals surface area contributed by atoms with E-state index >= 15 is 0 Å². The van der Waals surface area contributed by atoms with E-state index in [-0.39, 0.29) is 5.91 Å². The Morgan fingerprint density at radius 1 is 1.00 bits per heavy atom. The summed E-state index contributed by atoms with van der Waals surface area (Å²) >= 11 is 0. The molecule has 3 rings (SSSR count). The number of carbonyl (C=O) groups excluding carboxylic acids is 1. The minimum atomic E-state index is 0.103. The first-order valence-corrected chi connectivity index (χ1v) is 10.3. The predicted molar refractivity (Wildman–Crippen MR) is 119 cm³/mol. The van der Waals surface area contributed by atoms with E-state index in [1.54, 1.807) is 0 Å². The zero-order chi connectivity index (χ0) is 19.6. The van der Waals surface area contributed by atoms with Gasteiger partial charge in [0.25, 0.3) is 0 Å². The Morgan fingerprint density at radius 3 is 2.39 bits per heavy atom. The molecule has 1 amide bonds. The molecule has 1 aliphatic heterocycles. The van der Waals surface area contributed by atoms with Crippen molar-refractivity contribution in [2.75, 3.05) is 42.9 Å². The van der Waals surface area contributed by atoms with Crippen molar-refractivity contribution in [3.05, 3.63) is 66.2 Å². The fraction of sp³-hybridized carbons (Fsp3) is 0.375. The summed E-state index contributed by atoms with van der Waals surface area (Å²) in [5.41, 5.74) is 3.36. The van der Waals surface area contributed by atoms with Gasteiger partial charge in [-0.2, -0.15) is 0 Å². The Hall–Kier alpha value is -2.59. The normalized spacial score (nSPS) is 15.1. The fourth-order valence-corrected chi connectivity index (χ4v) is 3.41. The van der Waals surface area contributed by atoms with Crippen LogP contribution in [0.3, 0.4) is 0 Å². The van der Waals surface area contributed by atoms with Crippen molar-refractivity contribution in [3.8, 4) is 0 Å². The molecule has 0 spiro atoms. The zero-order valence-corrected chi connectivity index (χ0v) is 16.8. The third kappa shape index (κ3) is 6.24. The van der Waals surface area contributed by atoms with Gasteiger partial charge in [0.1, 0.15) is 0 Å². The van der Waals surface area contributed by atoms with E-state index in [1.807, 2.05) is 18.2 Å². The molecule has 0 unspecified atom stereocenters. The summed E-state index contributed by atoms with van der Waals surface area (Å²) in [6, 6.07) is 18.7. The third-order valence-corrected chi connectivity index (χ3v) is 5.12. The number of nitrogens with zero attached hydrogens (tertiary/aromatic N) is 2. The molecule has 0 aliphatic carbocycles. The second-order valence-corrected chi connectivity index (χ2v) is 7.30. The highest BCUT2D eigenvalue weighted by Gasteiger charge is 2.16. The van der Waals surface area contributed by atoms with Gasteiger partial charge in [-0.05, 0) is 36.2 Å². The van der Waals surface area contributed by atoms with E-state index in [4.69, 9.17) is 0 Å². The highest BCUT2D eigenvalue weighted by Crippen LogP contribution is 2.20.